The highest BCUT2D eigenvalue weighted by atomic mass is 32.2. The molecule has 0 bridgehead atoms. The van der Waals surface area contributed by atoms with Crippen LogP contribution in [0.2, 0.25) is 0 Å². The fourth-order valence-corrected chi connectivity index (χ4v) is 1.30. The minimum absolute atomic E-state index is 0.0208. The molecule has 0 aromatic heterocycles. The largest absolute Gasteiger partial charge is 0.225 e. The molecule has 0 spiro atoms. The lowest BCUT2D eigenvalue weighted by molar-refractivity contribution is 0.589. The zero-order chi connectivity index (χ0) is 8.04. The Hall–Kier alpha value is -0.0900. The Kier molecular flexibility index (Phi) is 4.64. The van der Waals surface area contributed by atoms with Crippen molar-refractivity contribution < 1.29 is 8.42 Å². The number of nitrogens with one attached hydrogen (secondary N) is 1. The van der Waals surface area contributed by atoms with E-state index in [1.807, 2.05) is 0 Å². The van der Waals surface area contributed by atoms with Gasteiger partial charge in [-0.1, -0.05) is 26.2 Å². The second-order valence-corrected chi connectivity index (χ2v) is 4.02. The topological polar surface area (TPSA) is 57.9 Å². The van der Waals surface area contributed by atoms with Gasteiger partial charge in [-0.25, -0.2) is 8.42 Å². The second kappa shape index (κ2) is 4.68. The molecule has 0 fully saturated rings. The van der Waals surface area contributed by atoms with E-state index in [1.54, 1.807) is 0 Å². The van der Waals surface area contributed by atoms with Crippen LogP contribution < -0.4 is 5.14 Å². The molecular weight excluding hydrogens is 150 g/mol. The van der Waals surface area contributed by atoms with Gasteiger partial charge >= 0.3 is 0 Å². The number of hydrogen-bond acceptors (Lipinski definition) is 2. The average Bonchev–Trinajstić information content (AvgIpc) is 1.78. The summed E-state index contributed by atoms with van der Waals surface area (Å²) in [6.45, 7) is 2.06. The van der Waals surface area contributed by atoms with Crippen LogP contribution in [-0.2, 0) is 10.0 Å². The highest BCUT2D eigenvalue weighted by Gasteiger charge is 2.01. The van der Waals surface area contributed by atoms with Gasteiger partial charge in [0.2, 0.25) is 10.0 Å². The summed E-state index contributed by atoms with van der Waals surface area (Å²) in [4.78, 5) is 0. The number of sulfonamides is 1. The van der Waals surface area contributed by atoms with Gasteiger partial charge in [0.1, 0.15) is 0 Å². The lowest BCUT2D eigenvalue weighted by Crippen LogP contribution is -2.05. The first-order valence-electron chi connectivity index (χ1n) is 3.53. The Morgan fingerprint density at radius 1 is 1.20 bits per heavy atom. The van der Waals surface area contributed by atoms with Crippen LogP contribution in [0.15, 0.2) is 0 Å². The fourth-order valence-electron chi connectivity index (χ4n) is 0.719. The average molecular weight is 164 g/mol. The summed E-state index contributed by atoms with van der Waals surface area (Å²) in [5, 5.41) is 6.54. The maximum atomic E-state index is 10.3. The van der Waals surface area contributed by atoms with E-state index in [2.05, 4.69) is 6.92 Å². The van der Waals surface area contributed by atoms with E-state index in [0.29, 0.717) is 6.42 Å². The Morgan fingerprint density at radius 2 is 1.80 bits per heavy atom. The second-order valence-electron chi connectivity index (χ2n) is 2.38. The normalized spacial score (nSPS) is 11.8. The molecule has 0 heterocycles. The molecule has 1 N–H and O–H groups in total. The highest BCUT2D eigenvalue weighted by molar-refractivity contribution is 7.88. The minimum Gasteiger partial charge on any atom is -0.211 e. The molecule has 0 unspecified atom stereocenters. The maximum Gasteiger partial charge on any atom is 0.225 e. The SMILES string of the molecule is CCCCCCS([NH])(=O)=O. The van der Waals surface area contributed by atoms with Crippen molar-refractivity contribution >= 4 is 10.0 Å². The quantitative estimate of drug-likeness (QED) is 0.573. The van der Waals surface area contributed by atoms with Gasteiger partial charge in [0.25, 0.3) is 0 Å². The molecule has 61 valence electrons. The lowest BCUT2D eigenvalue weighted by atomic mass is 10.2. The molecule has 3 nitrogen and oxygen atoms in total. The van der Waals surface area contributed by atoms with Gasteiger partial charge < -0.3 is 0 Å². The third kappa shape index (κ3) is 7.91. The maximum absolute atomic E-state index is 10.3. The summed E-state index contributed by atoms with van der Waals surface area (Å²) in [7, 11) is -3.45. The molecule has 0 saturated heterocycles. The van der Waals surface area contributed by atoms with Crippen LogP contribution >= 0.6 is 0 Å². The first kappa shape index (κ1) is 9.91. The van der Waals surface area contributed by atoms with Crippen LogP contribution in [0, 0.1) is 0 Å². The van der Waals surface area contributed by atoms with E-state index >= 15 is 0 Å². The smallest absolute Gasteiger partial charge is 0.211 e. The molecule has 0 amide bonds. The molecule has 0 aromatic carbocycles. The Balaban J connectivity index is 3.21. The van der Waals surface area contributed by atoms with E-state index in [4.69, 9.17) is 5.14 Å². The third-order valence-electron chi connectivity index (χ3n) is 1.27. The third-order valence-corrected chi connectivity index (χ3v) is 2.09. The van der Waals surface area contributed by atoms with Crippen LogP contribution in [0.4, 0.5) is 0 Å². The number of rotatable bonds is 5. The Labute approximate surface area is 62.7 Å². The summed E-state index contributed by atoms with van der Waals surface area (Å²) in [5.41, 5.74) is 0. The monoisotopic (exact) mass is 164 g/mol. The summed E-state index contributed by atoms with van der Waals surface area (Å²) < 4.78 is 20.5. The van der Waals surface area contributed by atoms with Gasteiger partial charge in [0.05, 0.1) is 5.75 Å². The van der Waals surface area contributed by atoms with E-state index in [-0.39, 0.29) is 5.75 Å². The number of hydrogen-bond donors (Lipinski definition) is 0. The van der Waals surface area contributed by atoms with Gasteiger partial charge in [-0.05, 0) is 6.42 Å². The van der Waals surface area contributed by atoms with Crippen LogP contribution in [0.25, 0.3) is 0 Å². The van der Waals surface area contributed by atoms with Crippen molar-refractivity contribution in [3.05, 3.63) is 0 Å². The fraction of sp³-hybridized carbons (Fsp3) is 1.00. The van der Waals surface area contributed by atoms with Crippen molar-refractivity contribution in [2.75, 3.05) is 5.75 Å². The van der Waals surface area contributed by atoms with Gasteiger partial charge in [-0.2, -0.15) is 0 Å². The van der Waals surface area contributed by atoms with E-state index < -0.39 is 10.0 Å². The Bertz CT molecular complexity index is 163. The van der Waals surface area contributed by atoms with Crippen molar-refractivity contribution in [2.24, 2.45) is 0 Å². The van der Waals surface area contributed by atoms with E-state index in [9.17, 15) is 8.42 Å². The van der Waals surface area contributed by atoms with Gasteiger partial charge in [-0.15, -0.1) is 5.14 Å². The van der Waals surface area contributed by atoms with Gasteiger partial charge in [0, 0.05) is 0 Å². The van der Waals surface area contributed by atoms with Crippen LogP contribution in [0.5, 0.6) is 0 Å². The molecule has 0 aliphatic carbocycles. The standard InChI is InChI=1S/C6H14NO2S/c1-2-3-4-5-6-10(7,8)9/h7H,2-6H2,1H3. The van der Waals surface area contributed by atoms with Crippen LogP contribution in [0.3, 0.4) is 0 Å². The minimum atomic E-state index is -3.45. The molecule has 0 aliphatic rings. The number of unbranched alkanes of at least 4 members (excludes halogenated alkanes) is 3. The van der Waals surface area contributed by atoms with Crippen LogP contribution in [-0.4, -0.2) is 14.2 Å². The van der Waals surface area contributed by atoms with E-state index in [0.717, 1.165) is 19.3 Å². The molecule has 0 atom stereocenters. The molecule has 0 rings (SSSR count). The predicted molar refractivity (Wildman–Crippen MR) is 41.0 cm³/mol. The molecule has 0 aliphatic heterocycles. The Morgan fingerprint density at radius 3 is 2.20 bits per heavy atom. The summed E-state index contributed by atoms with van der Waals surface area (Å²) >= 11 is 0. The molecule has 1 radical (unpaired) electrons. The molecular formula is C6H14NO2S. The molecule has 4 heteroatoms. The predicted octanol–water partition coefficient (Wildman–Crippen LogP) is 1.18. The lowest BCUT2D eigenvalue weighted by Gasteiger charge is -1.95. The van der Waals surface area contributed by atoms with E-state index in [1.165, 1.54) is 0 Å². The van der Waals surface area contributed by atoms with Crippen LogP contribution in [0.1, 0.15) is 32.6 Å². The van der Waals surface area contributed by atoms with Crippen molar-refractivity contribution in [1.82, 2.24) is 5.14 Å². The van der Waals surface area contributed by atoms with Crippen molar-refractivity contribution in [3.63, 3.8) is 0 Å². The first-order valence-corrected chi connectivity index (χ1v) is 5.19. The van der Waals surface area contributed by atoms with Crippen molar-refractivity contribution in [2.45, 2.75) is 32.6 Å². The van der Waals surface area contributed by atoms with Gasteiger partial charge in [-0.3, -0.25) is 0 Å². The summed E-state index contributed by atoms with van der Waals surface area (Å²) in [6, 6.07) is 0. The summed E-state index contributed by atoms with van der Waals surface area (Å²) in [6.07, 6.45) is 3.72. The van der Waals surface area contributed by atoms with Gasteiger partial charge in [0.15, 0.2) is 0 Å². The first-order chi connectivity index (χ1) is 4.56. The highest BCUT2D eigenvalue weighted by Crippen LogP contribution is 1.99. The van der Waals surface area contributed by atoms with Crippen molar-refractivity contribution in [1.29, 1.82) is 0 Å². The summed E-state index contributed by atoms with van der Waals surface area (Å²) in [5.74, 6) is 0.0208. The molecule has 0 saturated carbocycles. The zero-order valence-electron chi connectivity index (χ0n) is 6.26. The zero-order valence-corrected chi connectivity index (χ0v) is 7.08. The molecule has 10 heavy (non-hydrogen) atoms. The van der Waals surface area contributed by atoms with Crippen molar-refractivity contribution in [3.8, 4) is 0 Å². The molecule has 0 aromatic rings.